The summed E-state index contributed by atoms with van der Waals surface area (Å²) >= 11 is 0. The van der Waals surface area contributed by atoms with E-state index < -0.39 is 11.9 Å². The molecule has 0 amide bonds. The molecule has 4 nitrogen and oxygen atoms in total. The maximum Gasteiger partial charge on any atom is 0.310 e. The number of aliphatic carboxylic acids is 1. The Labute approximate surface area is 93.0 Å². The molecule has 82 valence electrons. The molecule has 2 N–H and O–H groups in total. The molecule has 2 aromatic rings. The molecule has 0 radical (unpaired) electrons. The number of carbonyl (C=O) groups is 1. The van der Waals surface area contributed by atoms with Crippen LogP contribution in [-0.2, 0) is 4.79 Å². The maximum atomic E-state index is 11.0. The number of hydrogen-bond donors (Lipinski definition) is 2. The van der Waals surface area contributed by atoms with E-state index in [-0.39, 0.29) is 0 Å². The largest absolute Gasteiger partial charge is 0.481 e. The predicted molar refractivity (Wildman–Crippen MR) is 60.1 cm³/mol. The van der Waals surface area contributed by atoms with Crippen LogP contribution in [0, 0.1) is 0 Å². The number of nitrogens with one attached hydrogen (secondary N) is 1. The normalized spacial score (nSPS) is 12.3. The summed E-state index contributed by atoms with van der Waals surface area (Å²) in [5.74, 6) is -1.36. The lowest BCUT2D eigenvalue weighted by molar-refractivity contribution is -0.138. The number of rotatable bonds is 3. The molecular formula is C12H12N2O2. The highest BCUT2D eigenvalue weighted by atomic mass is 16.4. The van der Waals surface area contributed by atoms with Crippen molar-refractivity contribution in [2.75, 3.05) is 0 Å². The Morgan fingerprint density at radius 3 is 2.81 bits per heavy atom. The highest BCUT2D eigenvalue weighted by Crippen LogP contribution is 2.27. The number of carboxylic acids is 1. The van der Waals surface area contributed by atoms with Crippen molar-refractivity contribution >= 4 is 5.97 Å². The number of nitrogens with zero attached hydrogens (tertiary/aromatic N) is 1. The van der Waals surface area contributed by atoms with E-state index in [4.69, 9.17) is 5.11 Å². The van der Waals surface area contributed by atoms with Gasteiger partial charge in [-0.05, 0) is 12.5 Å². The molecule has 2 rings (SSSR count). The van der Waals surface area contributed by atoms with Crippen LogP contribution in [-0.4, -0.2) is 21.0 Å². The molecule has 1 unspecified atom stereocenters. The smallest absolute Gasteiger partial charge is 0.310 e. The van der Waals surface area contributed by atoms with Gasteiger partial charge in [0.25, 0.3) is 0 Å². The average Bonchev–Trinajstić information content (AvgIpc) is 2.81. The monoisotopic (exact) mass is 216 g/mol. The van der Waals surface area contributed by atoms with Crippen LogP contribution in [0.4, 0.5) is 0 Å². The number of H-pyrrole nitrogens is 1. The van der Waals surface area contributed by atoms with Crippen LogP contribution in [0.15, 0.2) is 36.8 Å². The molecule has 0 aliphatic carbocycles. The zero-order valence-corrected chi connectivity index (χ0v) is 8.84. The molecule has 1 heterocycles. The Bertz CT molecular complexity index is 491. The molecule has 0 bridgehead atoms. The number of hydrogen-bond acceptors (Lipinski definition) is 2. The number of benzene rings is 1. The van der Waals surface area contributed by atoms with Crippen LogP contribution in [0.2, 0.25) is 0 Å². The minimum Gasteiger partial charge on any atom is -0.481 e. The van der Waals surface area contributed by atoms with E-state index in [1.807, 2.05) is 24.3 Å². The number of carboxylic acid groups (broad SMARTS) is 1. The Morgan fingerprint density at radius 2 is 2.19 bits per heavy atom. The molecule has 0 aliphatic rings. The number of aromatic amines is 1. The molecule has 0 saturated carbocycles. The Kier molecular flexibility index (Phi) is 2.72. The number of imidazole rings is 1. The fourth-order valence-corrected chi connectivity index (χ4v) is 1.66. The SMILES string of the molecule is CC(C(=O)O)c1ccccc1-c1cnc[nH]1. The average molecular weight is 216 g/mol. The summed E-state index contributed by atoms with van der Waals surface area (Å²) in [5, 5.41) is 9.03. The second-order valence-corrected chi connectivity index (χ2v) is 3.61. The van der Waals surface area contributed by atoms with Crippen LogP contribution >= 0.6 is 0 Å². The van der Waals surface area contributed by atoms with Gasteiger partial charge in [0, 0.05) is 5.56 Å². The minimum absolute atomic E-state index is 0.528. The van der Waals surface area contributed by atoms with Gasteiger partial charge in [0.1, 0.15) is 0 Å². The highest BCUT2D eigenvalue weighted by molar-refractivity contribution is 5.79. The van der Waals surface area contributed by atoms with Gasteiger partial charge in [-0.3, -0.25) is 4.79 Å². The molecule has 1 aromatic carbocycles. The third-order valence-electron chi connectivity index (χ3n) is 2.59. The van der Waals surface area contributed by atoms with E-state index in [9.17, 15) is 4.79 Å². The zero-order valence-electron chi connectivity index (χ0n) is 8.84. The van der Waals surface area contributed by atoms with Crippen molar-refractivity contribution in [3.05, 3.63) is 42.4 Å². The van der Waals surface area contributed by atoms with Gasteiger partial charge in [-0.15, -0.1) is 0 Å². The van der Waals surface area contributed by atoms with Crippen molar-refractivity contribution in [1.82, 2.24) is 9.97 Å². The van der Waals surface area contributed by atoms with Gasteiger partial charge in [-0.1, -0.05) is 24.3 Å². The van der Waals surface area contributed by atoms with Crippen molar-refractivity contribution in [2.45, 2.75) is 12.8 Å². The molecule has 0 saturated heterocycles. The van der Waals surface area contributed by atoms with E-state index in [2.05, 4.69) is 9.97 Å². The van der Waals surface area contributed by atoms with E-state index in [1.54, 1.807) is 19.4 Å². The zero-order chi connectivity index (χ0) is 11.5. The molecule has 0 fully saturated rings. The number of aromatic nitrogens is 2. The van der Waals surface area contributed by atoms with E-state index in [0.29, 0.717) is 0 Å². The summed E-state index contributed by atoms with van der Waals surface area (Å²) in [6.45, 7) is 1.68. The molecule has 1 atom stereocenters. The summed E-state index contributed by atoms with van der Waals surface area (Å²) in [6, 6.07) is 7.44. The van der Waals surface area contributed by atoms with Crippen molar-refractivity contribution in [3.63, 3.8) is 0 Å². The lowest BCUT2D eigenvalue weighted by Gasteiger charge is -2.11. The Balaban J connectivity index is 2.50. The summed E-state index contributed by atoms with van der Waals surface area (Å²) in [7, 11) is 0. The van der Waals surface area contributed by atoms with Crippen molar-refractivity contribution in [1.29, 1.82) is 0 Å². The third kappa shape index (κ3) is 1.82. The van der Waals surface area contributed by atoms with Crippen molar-refractivity contribution in [2.24, 2.45) is 0 Å². The molecule has 16 heavy (non-hydrogen) atoms. The lowest BCUT2D eigenvalue weighted by atomic mass is 9.94. The minimum atomic E-state index is -0.827. The second kappa shape index (κ2) is 4.18. The van der Waals surface area contributed by atoms with Gasteiger partial charge >= 0.3 is 5.97 Å². The quantitative estimate of drug-likeness (QED) is 0.827. The topological polar surface area (TPSA) is 66.0 Å². The van der Waals surface area contributed by atoms with Gasteiger partial charge in [0.05, 0.1) is 24.1 Å². The van der Waals surface area contributed by atoms with Crippen molar-refractivity contribution < 1.29 is 9.90 Å². The first-order valence-electron chi connectivity index (χ1n) is 5.00. The summed E-state index contributed by atoms with van der Waals surface area (Å²) < 4.78 is 0. The summed E-state index contributed by atoms with van der Waals surface area (Å²) in [6.07, 6.45) is 3.27. The van der Waals surface area contributed by atoms with Crippen LogP contribution in [0.1, 0.15) is 18.4 Å². The molecule has 0 spiro atoms. The second-order valence-electron chi connectivity index (χ2n) is 3.61. The Morgan fingerprint density at radius 1 is 1.44 bits per heavy atom. The fraction of sp³-hybridized carbons (Fsp3) is 0.167. The molecule has 1 aromatic heterocycles. The van der Waals surface area contributed by atoms with Gasteiger partial charge in [-0.2, -0.15) is 0 Å². The molecule has 0 aliphatic heterocycles. The van der Waals surface area contributed by atoms with E-state index in [0.717, 1.165) is 16.8 Å². The fourth-order valence-electron chi connectivity index (χ4n) is 1.66. The van der Waals surface area contributed by atoms with Crippen molar-refractivity contribution in [3.8, 4) is 11.3 Å². The summed E-state index contributed by atoms with van der Waals surface area (Å²) in [4.78, 5) is 17.9. The van der Waals surface area contributed by atoms with Crippen LogP contribution in [0.25, 0.3) is 11.3 Å². The van der Waals surface area contributed by atoms with Crippen LogP contribution < -0.4 is 0 Å². The van der Waals surface area contributed by atoms with Crippen LogP contribution in [0.5, 0.6) is 0 Å². The summed E-state index contributed by atoms with van der Waals surface area (Å²) in [5.41, 5.74) is 2.51. The lowest BCUT2D eigenvalue weighted by Crippen LogP contribution is -2.08. The third-order valence-corrected chi connectivity index (χ3v) is 2.59. The molecule has 4 heteroatoms. The predicted octanol–water partition coefficient (Wildman–Crippen LogP) is 2.26. The van der Waals surface area contributed by atoms with E-state index in [1.165, 1.54) is 0 Å². The van der Waals surface area contributed by atoms with E-state index >= 15 is 0 Å². The first-order chi connectivity index (χ1) is 7.70. The van der Waals surface area contributed by atoms with Gasteiger partial charge in [0.2, 0.25) is 0 Å². The maximum absolute atomic E-state index is 11.0. The molecular weight excluding hydrogens is 204 g/mol. The first kappa shape index (κ1) is 10.4. The van der Waals surface area contributed by atoms with Gasteiger partial charge < -0.3 is 10.1 Å². The highest BCUT2D eigenvalue weighted by Gasteiger charge is 2.17. The van der Waals surface area contributed by atoms with Gasteiger partial charge in [0.15, 0.2) is 0 Å². The Hall–Kier alpha value is -2.10. The van der Waals surface area contributed by atoms with Crippen LogP contribution in [0.3, 0.4) is 0 Å². The van der Waals surface area contributed by atoms with Gasteiger partial charge in [-0.25, -0.2) is 4.98 Å². The standard InChI is InChI=1S/C12H12N2O2/c1-8(12(15)16)9-4-2-3-5-10(9)11-6-13-7-14-11/h2-8H,1H3,(H,13,14)(H,15,16). The first-order valence-corrected chi connectivity index (χ1v) is 5.00.